The Morgan fingerprint density at radius 3 is 2.69 bits per heavy atom. The summed E-state index contributed by atoms with van der Waals surface area (Å²) in [5.74, 6) is 0.769. The molecule has 1 N–H and O–H groups in total. The Kier molecular flexibility index (Phi) is 5.13. The first-order valence-electron chi connectivity index (χ1n) is 8.43. The number of aromatic nitrogens is 2. The second-order valence-corrected chi connectivity index (χ2v) is 7.48. The van der Waals surface area contributed by atoms with Crippen LogP contribution in [0.4, 0.5) is 5.69 Å². The van der Waals surface area contributed by atoms with Crippen molar-refractivity contribution >= 4 is 22.9 Å². The molecule has 136 valence electrons. The van der Waals surface area contributed by atoms with Gasteiger partial charge in [-0.2, -0.15) is 5.10 Å². The molecule has 0 fully saturated rings. The lowest BCUT2D eigenvalue weighted by atomic mass is 10.1. The molecule has 0 saturated heterocycles. The topological polar surface area (TPSA) is 56.1 Å². The summed E-state index contributed by atoms with van der Waals surface area (Å²) < 4.78 is 7.67. The molecule has 0 bridgehead atoms. The zero-order valence-electron chi connectivity index (χ0n) is 15.7. The van der Waals surface area contributed by atoms with E-state index < -0.39 is 0 Å². The van der Waals surface area contributed by atoms with E-state index in [9.17, 15) is 4.79 Å². The van der Waals surface area contributed by atoms with E-state index in [1.807, 2.05) is 31.5 Å². The molecule has 1 aromatic carbocycles. The lowest BCUT2D eigenvalue weighted by Gasteiger charge is -2.11. The van der Waals surface area contributed by atoms with Crippen molar-refractivity contribution in [3.63, 3.8) is 0 Å². The summed E-state index contributed by atoms with van der Waals surface area (Å²) in [7, 11) is 1.83. The minimum absolute atomic E-state index is 0.125. The van der Waals surface area contributed by atoms with Crippen molar-refractivity contribution in [1.29, 1.82) is 0 Å². The number of anilines is 1. The molecule has 0 spiro atoms. The van der Waals surface area contributed by atoms with E-state index in [0.29, 0.717) is 11.5 Å². The predicted molar refractivity (Wildman–Crippen MR) is 105 cm³/mol. The Balaban J connectivity index is 1.66. The molecular weight excluding hydrogens is 346 g/mol. The first kappa shape index (κ1) is 18.2. The summed E-state index contributed by atoms with van der Waals surface area (Å²) in [5.41, 5.74) is 6.07. The van der Waals surface area contributed by atoms with Gasteiger partial charge in [0.05, 0.1) is 16.3 Å². The van der Waals surface area contributed by atoms with Gasteiger partial charge in [-0.05, 0) is 61.9 Å². The first-order valence-corrected chi connectivity index (χ1v) is 9.31. The average Bonchev–Trinajstić information content (AvgIpc) is 3.16. The number of amides is 1. The largest absolute Gasteiger partial charge is 0.489 e. The number of carbonyl (C=O) groups is 1. The van der Waals surface area contributed by atoms with Crippen LogP contribution in [0.1, 0.15) is 37.6 Å². The Hall–Kier alpha value is -2.60. The summed E-state index contributed by atoms with van der Waals surface area (Å²) >= 11 is 1.42. The van der Waals surface area contributed by atoms with E-state index in [1.165, 1.54) is 22.5 Å². The van der Waals surface area contributed by atoms with Crippen molar-refractivity contribution in [2.24, 2.45) is 7.05 Å². The van der Waals surface area contributed by atoms with Crippen molar-refractivity contribution in [1.82, 2.24) is 9.78 Å². The Morgan fingerprint density at radius 1 is 1.23 bits per heavy atom. The molecule has 3 aromatic rings. The maximum absolute atomic E-state index is 12.4. The first-order chi connectivity index (χ1) is 12.3. The van der Waals surface area contributed by atoms with Crippen molar-refractivity contribution < 1.29 is 9.53 Å². The molecule has 0 saturated carbocycles. The summed E-state index contributed by atoms with van der Waals surface area (Å²) in [6.07, 6.45) is 1.80. The van der Waals surface area contributed by atoms with E-state index in [4.69, 9.17) is 4.74 Å². The molecule has 0 radical (unpaired) electrons. The maximum atomic E-state index is 12.4. The number of nitrogens with one attached hydrogen (secondary N) is 1. The highest BCUT2D eigenvalue weighted by Gasteiger charge is 2.13. The molecule has 1 amide bonds. The third kappa shape index (κ3) is 3.96. The van der Waals surface area contributed by atoms with E-state index in [-0.39, 0.29) is 5.91 Å². The van der Waals surface area contributed by atoms with Crippen LogP contribution >= 0.6 is 11.3 Å². The molecule has 2 aromatic heterocycles. The highest BCUT2D eigenvalue weighted by molar-refractivity contribution is 7.12. The number of rotatable bonds is 5. The van der Waals surface area contributed by atoms with Crippen LogP contribution in [0, 0.1) is 27.7 Å². The Labute approximate surface area is 157 Å². The average molecular weight is 369 g/mol. The van der Waals surface area contributed by atoms with Crippen LogP contribution < -0.4 is 10.1 Å². The van der Waals surface area contributed by atoms with Crippen molar-refractivity contribution in [2.75, 3.05) is 5.32 Å². The van der Waals surface area contributed by atoms with Crippen LogP contribution in [0.2, 0.25) is 0 Å². The minimum atomic E-state index is -0.125. The quantitative estimate of drug-likeness (QED) is 0.718. The van der Waals surface area contributed by atoms with Gasteiger partial charge in [0.25, 0.3) is 5.91 Å². The second-order valence-electron chi connectivity index (χ2n) is 6.57. The fourth-order valence-electron chi connectivity index (χ4n) is 2.79. The molecule has 0 unspecified atom stereocenters. The number of ether oxygens (including phenoxy) is 1. The summed E-state index contributed by atoms with van der Waals surface area (Å²) in [6.45, 7) is 8.52. The van der Waals surface area contributed by atoms with Gasteiger partial charge >= 0.3 is 0 Å². The van der Waals surface area contributed by atoms with Crippen LogP contribution in [-0.2, 0) is 13.7 Å². The van der Waals surface area contributed by atoms with Crippen LogP contribution in [0.3, 0.4) is 0 Å². The normalized spacial score (nSPS) is 10.8. The fraction of sp³-hybridized carbons (Fsp3) is 0.300. The van der Waals surface area contributed by atoms with Crippen LogP contribution in [-0.4, -0.2) is 15.7 Å². The summed E-state index contributed by atoms with van der Waals surface area (Å²) in [5, 5.41) is 9.10. The molecule has 0 aliphatic heterocycles. The molecule has 0 aliphatic rings. The van der Waals surface area contributed by atoms with Gasteiger partial charge in [0.1, 0.15) is 12.4 Å². The van der Waals surface area contributed by atoms with Gasteiger partial charge in [0.2, 0.25) is 0 Å². The van der Waals surface area contributed by atoms with Gasteiger partial charge in [0.15, 0.2) is 0 Å². The monoisotopic (exact) mass is 369 g/mol. The van der Waals surface area contributed by atoms with Crippen molar-refractivity contribution in [3.8, 4) is 5.75 Å². The van der Waals surface area contributed by atoms with E-state index in [2.05, 4.69) is 37.3 Å². The zero-order valence-corrected chi connectivity index (χ0v) is 16.5. The highest BCUT2D eigenvalue weighted by Crippen LogP contribution is 2.25. The maximum Gasteiger partial charge on any atom is 0.265 e. The lowest BCUT2D eigenvalue weighted by molar-refractivity contribution is 0.103. The SMILES string of the molecule is Cc1cc(C)c(C)c(OCc2csc(C(=O)Nc3cn(C)nc3C)c2)c1. The highest BCUT2D eigenvalue weighted by atomic mass is 32.1. The van der Waals surface area contributed by atoms with E-state index in [1.54, 1.807) is 10.9 Å². The molecule has 26 heavy (non-hydrogen) atoms. The van der Waals surface area contributed by atoms with E-state index >= 15 is 0 Å². The fourth-order valence-corrected chi connectivity index (χ4v) is 3.58. The summed E-state index contributed by atoms with van der Waals surface area (Å²) in [4.78, 5) is 13.1. The molecule has 2 heterocycles. The van der Waals surface area contributed by atoms with Gasteiger partial charge in [0, 0.05) is 18.8 Å². The molecule has 3 rings (SSSR count). The third-order valence-electron chi connectivity index (χ3n) is 4.30. The smallest absolute Gasteiger partial charge is 0.265 e. The Bertz CT molecular complexity index is 956. The number of nitrogens with zero attached hydrogens (tertiary/aromatic N) is 2. The number of benzene rings is 1. The molecular formula is C20H23N3O2S. The van der Waals surface area contributed by atoms with Gasteiger partial charge < -0.3 is 10.1 Å². The Morgan fingerprint density at radius 2 is 2.00 bits per heavy atom. The molecule has 0 atom stereocenters. The number of aryl methyl sites for hydroxylation is 4. The molecule has 5 nitrogen and oxygen atoms in total. The van der Waals surface area contributed by atoms with Gasteiger partial charge in [-0.15, -0.1) is 11.3 Å². The standard InChI is InChI=1S/C20H23N3O2S/c1-12-6-13(2)14(3)18(7-12)25-10-16-8-19(26-11-16)20(24)21-17-9-23(5)22-15(17)4/h6-9,11H,10H2,1-5H3,(H,21,24). The van der Waals surface area contributed by atoms with Gasteiger partial charge in [-0.1, -0.05) is 6.07 Å². The van der Waals surface area contributed by atoms with Crippen LogP contribution in [0.5, 0.6) is 5.75 Å². The third-order valence-corrected chi connectivity index (χ3v) is 5.28. The number of hydrogen-bond acceptors (Lipinski definition) is 4. The lowest BCUT2D eigenvalue weighted by Crippen LogP contribution is -2.10. The van der Waals surface area contributed by atoms with Crippen molar-refractivity contribution in [2.45, 2.75) is 34.3 Å². The summed E-state index contributed by atoms with van der Waals surface area (Å²) in [6, 6.07) is 6.08. The second kappa shape index (κ2) is 7.33. The molecule has 6 heteroatoms. The number of hydrogen-bond donors (Lipinski definition) is 1. The molecule has 0 aliphatic carbocycles. The van der Waals surface area contributed by atoms with Crippen LogP contribution in [0.15, 0.2) is 29.8 Å². The van der Waals surface area contributed by atoms with E-state index in [0.717, 1.165) is 28.3 Å². The number of thiophene rings is 1. The minimum Gasteiger partial charge on any atom is -0.489 e. The van der Waals surface area contributed by atoms with Gasteiger partial charge in [-0.25, -0.2) is 0 Å². The number of carbonyl (C=O) groups excluding carboxylic acids is 1. The van der Waals surface area contributed by atoms with Crippen LogP contribution in [0.25, 0.3) is 0 Å². The van der Waals surface area contributed by atoms with Gasteiger partial charge in [-0.3, -0.25) is 9.48 Å². The van der Waals surface area contributed by atoms with Crippen molar-refractivity contribution in [3.05, 3.63) is 62.6 Å². The predicted octanol–water partition coefficient (Wildman–Crippen LogP) is 4.55. The zero-order chi connectivity index (χ0) is 18.8.